The topological polar surface area (TPSA) is 75.3 Å². The monoisotopic (exact) mass is 278 g/mol. The molecular formula is C13H14N2O3S. The quantitative estimate of drug-likeness (QED) is 0.770. The number of carbonyl (C=O) groups is 1. The van der Waals surface area contributed by atoms with Crippen LogP contribution in [0.4, 0.5) is 0 Å². The van der Waals surface area contributed by atoms with Crippen molar-refractivity contribution in [1.82, 2.24) is 10.0 Å². The Morgan fingerprint density at radius 1 is 1.42 bits per heavy atom. The highest BCUT2D eigenvalue weighted by molar-refractivity contribution is 7.89. The van der Waals surface area contributed by atoms with Crippen molar-refractivity contribution in [3.63, 3.8) is 0 Å². The van der Waals surface area contributed by atoms with Gasteiger partial charge in [0.2, 0.25) is 10.0 Å². The number of nitrogens with one attached hydrogen (secondary N) is 2. The van der Waals surface area contributed by atoms with Crippen LogP contribution in [0, 0.1) is 12.3 Å². The molecule has 0 atom stereocenters. The van der Waals surface area contributed by atoms with Gasteiger partial charge in [0.15, 0.2) is 0 Å². The minimum absolute atomic E-state index is 0.0335. The van der Waals surface area contributed by atoms with Gasteiger partial charge in [0.05, 0.1) is 11.4 Å². The maximum Gasteiger partial charge on any atom is 0.251 e. The van der Waals surface area contributed by atoms with Gasteiger partial charge in [-0.3, -0.25) is 4.79 Å². The molecule has 1 aromatic carbocycles. The smallest absolute Gasteiger partial charge is 0.251 e. The zero-order valence-electron chi connectivity index (χ0n) is 10.2. The zero-order valence-corrected chi connectivity index (χ0v) is 11.0. The van der Waals surface area contributed by atoms with Gasteiger partial charge in [0.1, 0.15) is 0 Å². The van der Waals surface area contributed by atoms with E-state index in [4.69, 9.17) is 6.42 Å². The number of terminal acetylenes is 1. The molecule has 19 heavy (non-hydrogen) atoms. The Morgan fingerprint density at radius 3 is 2.79 bits per heavy atom. The van der Waals surface area contributed by atoms with Crippen molar-refractivity contribution < 1.29 is 13.2 Å². The molecule has 1 aliphatic carbocycles. The Bertz CT molecular complexity index is 628. The third kappa shape index (κ3) is 3.56. The van der Waals surface area contributed by atoms with E-state index in [0.29, 0.717) is 5.56 Å². The van der Waals surface area contributed by atoms with Crippen molar-refractivity contribution in [2.75, 3.05) is 6.54 Å². The largest absolute Gasteiger partial charge is 0.349 e. The first-order valence-electron chi connectivity index (χ1n) is 5.87. The van der Waals surface area contributed by atoms with Crippen LogP contribution < -0.4 is 10.0 Å². The van der Waals surface area contributed by atoms with Crippen molar-refractivity contribution in [3.05, 3.63) is 29.8 Å². The second-order valence-corrected chi connectivity index (χ2v) is 6.07. The first kappa shape index (κ1) is 13.6. The van der Waals surface area contributed by atoms with Gasteiger partial charge in [-0.05, 0) is 31.0 Å². The van der Waals surface area contributed by atoms with Gasteiger partial charge in [-0.25, -0.2) is 8.42 Å². The van der Waals surface area contributed by atoms with E-state index >= 15 is 0 Å². The predicted molar refractivity (Wildman–Crippen MR) is 71.0 cm³/mol. The van der Waals surface area contributed by atoms with E-state index in [2.05, 4.69) is 16.0 Å². The van der Waals surface area contributed by atoms with Crippen LogP contribution >= 0.6 is 0 Å². The molecule has 1 aliphatic rings. The van der Waals surface area contributed by atoms with Crippen molar-refractivity contribution in [2.24, 2.45) is 0 Å². The molecule has 1 fully saturated rings. The lowest BCUT2D eigenvalue weighted by atomic mass is 10.2. The molecule has 1 aromatic rings. The average Bonchev–Trinajstić information content (AvgIpc) is 3.20. The van der Waals surface area contributed by atoms with E-state index < -0.39 is 10.0 Å². The summed E-state index contributed by atoms with van der Waals surface area (Å²) in [5.41, 5.74) is 0.329. The molecule has 6 heteroatoms. The summed E-state index contributed by atoms with van der Waals surface area (Å²) < 4.78 is 26.0. The molecular weight excluding hydrogens is 264 g/mol. The summed E-state index contributed by atoms with van der Waals surface area (Å²) in [6, 6.07) is 6.11. The Hall–Kier alpha value is -1.84. The number of hydrogen-bond acceptors (Lipinski definition) is 3. The number of rotatable bonds is 5. The Balaban J connectivity index is 2.18. The van der Waals surface area contributed by atoms with Gasteiger partial charge in [-0.2, -0.15) is 4.72 Å². The van der Waals surface area contributed by atoms with Gasteiger partial charge >= 0.3 is 0 Å². The molecule has 0 saturated heterocycles. The van der Waals surface area contributed by atoms with Gasteiger partial charge < -0.3 is 5.32 Å². The van der Waals surface area contributed by atoms with E-state index in [9.17, 15) is 13.2 Å². The second kappa shape index (κ2) is 5.43. The third-order valence-electron chi connectivity index (χ3n) is 2.68. The molecule has 0 spiro atoms. The first-order valence-corrected chi connectivity index (χ1v) is 7.35. The number of amides is 1. The highest BCUT2D eigenvalue weighted by Gasteiger charge is 2.24. The maximum absolute atomic E-state index is 11.9. The Morgan fingerprint density at radius 2 is 2.16 bits per heavy atom. The number of sulfonamides is 1. The van der Waals surface area contributed by atoms with E-state index in [1.807, 2.05) is 0 Å². The van der Waals surface area contributed by atoms with Crippen LogP contribution in [-0.4, -0.2) is 26.9 Å². The van der Waals surface area contributed by atoms with Crippen molar-refractivity contribution in [2.45, 2.75) is 23.8 Å². The summed E-state index contributed by atoms with van der Waals surface area (Å²) in [4.78, 5) is 11.9. The SMILES string of the molecule is C#CCNS(=O)(=O)c1cccc(C(=O)NC2CC2)c1. The molecule has 1 saturated carbocycles. The Labute approximate surface area is 112 Å². The van der Waals surface area contributed by atoms with Crippen LogP contribution in [0.1, 0.15) is 23.2 Å². The lowest BCUT2D eigenvalue weighted by Gasteiger charge is -2.07. The molecule has 0 heterocycles. The average molecular weight is 278 g/mol. The molecule has 0 unspecified atom stereocenters. The normalized spacial score (nSPS) is 14.7. The molecule has 0 aromatic heterocycles. The Kier molecular flexibility index (Phi) is 3.88. The highest BCUT2D eigenvalue weighted by atomic mass is 32.2. The molecule has 0 radical (unpaired) electrons. The summed E-state index contributed by atoms with van der Waals surface area (Å²) in [6.45, 7) is -0.0825. The minimum atomic E-state index is -3.66. The fourth-order valence-corrected chi connectivity index (χ4v) is 2.50. The summed E-state index contributed by atoms with van der Waals surface area (Å²) in [7, 11) is -3.66. The van der Waals surface area contributed by atoms with Crippen LogP contribution in [0.5, 0.6) is 0 Å². The van der Waals surface area contributed by atoms with Crippen LogP contribution in [-0.2, 0) is 10.0 Å². The van der Waals surface area contributed by atoms with E-state index in [1.54, 1.807) is 6.07 Å². The van der Waals surface area contributed by atoms with Crippen LogP contribution in [0.25, 0.3) is 0 Å². The summed E-state index contributed by atoms with van der Waals surface area (Å²) in [5.74, 6) is 1.94. The van der Waals surface area contributed by atoms with Gasteiger partial charge in [-0.1, -0.05) is 12.0 Å². The zero-order chi connectivity index (χ0) is 13.9. The predicted octanol–water partition coefficient (Wildman–Crippen LogP) is 0.490. The standard InChI is InChI=1S/C13H14N2O3S/c1-2-8-14-19(17,18)12-5-3-4-10(9-12)13(16)15-11-6-7-11/h1,3-5,9,11,14H,6-8H2,(H,15,16). The van der Waals surface area contributed by atoms with Crippen LogP contribution in [0.15, 0.2) is 29.2 Å². The minimum Gasteiger partial charge on any atom is -0.349 e. The second-order valence-electron chi connectivity index (χ2n) is 4.30. The van der Waals surface area contributed by atoms with E-state index in [0.717, 1.165) is 12.8 Å². The molecule has 1 amide bonds. The molecule has 0 bridgehead atoms. The molecule has 100 valence electrons. The highest BCUT2D eigenvalue weighted by Crippen LogP contribution is 2.20. The number of hydrogen-bond donors (Lipinski definition) is 2. The lowest BCUT2D eigenvalue weighted by Crippen LogP contribution is -2.27. The number of benzene rings is 1. The summed E-state index contributed by atoms with van der Waals surface area (Å²) >= 11 is 0. The van der Waals surface area contributed by atoms with Gasteiger partial charge in [0.25, 0.3) is 5.91 Å². The van der Waals surface area contributed by atoms with Gasteiger partial charge in [-0.15, -0.1) is 6.42 Å². The molecule has 2 rings (SSSR count). The summed E-state index contributed by atoms with van der Waals surface area (Å²) in [5, 5.41) is 2.81. The number of carbonyl (C=O) groups excluding carboxylic acids is 1. The first-order chi connectivity index (χ1) is 9.03. The third-order valence-corrected chi connectivity index (χ3v) is 4.08. The fraction of sp³-hybridized carbons (Fsp3) is 0.308. The van der Waals surface area contributed by atoms with Crippen molar-refractivity contribution in [1.29, 1.82) is 0 Å². The van der Waals surface area contributed by atoms with Crippen molar-refractivity contribution in [3.8, 4) is 12.3 Å². The van der Waals surface area contributed by atoms with E-state index in [1.165, 1.54) is 18.2 Å². The molecule has 5 nitrogen and oxygen atoms in total. The molecule has 2 N–H and O–H groups in total. The molecule has 0 aliphatic heterocycles. The summed E-state index contributed by atoms with van der Waals surface area (Å²) in [6.07, 6.45) is 6.97. The maximum atomic E-state index is 11.9. The van der Waals surface area contributed by atoms with Crippen LogP contribution in [0.2, 0.25) is 0 Å². The lowest BCUT2D eigenvalue weighted by molar-refractivity contribution is 0.0951. The fourth-order valence-electron chi connectivity index (χ4n) is 1.52. The van der Waals surface area contributed by atoms with E-state index in [-0.39, 0.29) is 23.4 Å². The van der Waals surface area contributed by atoms with Gasteiger partial charge in [0, 0.05) is 11.6 Å². The van der Waals surface area contributed by atoms with Crippen molar-refractivity contribution >= 4 is 15.9 Å². The van der Waals surface area contributed by atoms with Crippen LogP contribution in [0.3, 0.4) is 0 Å².